The van der Waals surface area contributed by atoms with Gasteiger partial charge in [-0.25, -0.2) is 4.39 Å². The van der Waals surface area contributed by atoms with Gasteiger partial charge in [0.25, 0.3) is 0 Å². The van der Waals surface area contributed by atoms with E-state index < -0.39 is 6.67 Å². The number of pyridine rings is 1. The van der Waals surface area contributed by atoms with Gasteiger partial charge in [0, 0.05) is 18.2 Å². The van der Waals surface area contributed by atoms with Crippen LogP contribution >= 0.6 is 0 Å². The third-order valence-electron chi connectivity index (χ3n) is 1.53. The normalized spacial score (nSPS) is 12.9. The van der Waals surface area contributed by atoms with Gasteiger partial charge in [-0.15, -0.1) is 0 Å². The second-order valence-electron chi connectivity index (χ2n) is 2.94. The van der Waals surface area contributed by atoms with Crippen LogP contribution in [0.5, 0.6) is 0 Å². The van der Waals surface area contributed by atoms with Crippen LogP contribution in [0.1, 0.15) is 18.3 Å². The highest BCUT2D eigenvalue weighted by molar-refractivity contribution is 5.11. The highest BCUT2D eigenvalue weighted by atomic mass is 19.1. The van der Waals surface area contributed by atoms with Gasteiger partial charge in [-0.05, 0) is 19.1 Å². The van der Waals surface area contributed by atoms with E-state index in [1.807, 2.05) is 13.0 Å². The Labute approximate surface area is 71.6 Å². The minimum absolute atomic E-state index is 0.0763. The number of alkyl halides is 1. The molecular weight excluding hydrogens is 155 g/mol. The van der Waals surface area contributed by atoms with Crippen molar-refractivity contribution < 1.29 is 4.39 Å². The lowest BCUT2D eigenvalue weighted by atomic mass is 10.2. The third-order valence-corrected chi connectivity index (χ3v) is 1.53. The Balaban J connectivity index is 2.72. The smallest absolute Gasteiger partial charge is 0.131 e. The molecule has 2 N–H and O–H groups in total. The molecule has 0 spiro atoms. The van der Waals surface area contributed by atoms with Gasteiger partial charge in [-0.1, -0.05) is 6.07 Å². The molecule has 0 bridgehead atoms. The lowest BCUT2D eigenvalue weighted by Crippen LogP contribution is -2.18. The Morgan fingerprint density at radius 1 is 1.50 bits per heavy atom. The second kappa shape index (κ2) is 4.16. The molecule has 0 aliphatic rings. The molecule has 1 heterocycles. The molecule has 0 amide bonds. The van der Waals surface area contributed by atoms with Gasteiger partial charge in [0.05, 0.1) is 5.69 Å². The molecule has 12 heavy (non-hydrogen) atoms. The minimum Gasteiger partial charge on any atom is -0.328 e. The monoisotopic (exact) mass is 168 g/mol. The first kappa shape index (κ1) is 9.13. The van der Waals surface area contributed by atoms with E-state index in [0.717, 1.165) is 5.69 Å². The number of rotatable bonds is 3. The van der Waals surface area contributed by atoms with Crippen LogP contribution in [0.15, 0.2) is 18.2 Å². The summed E-state index contributed by atoms with van der Waals surface area (Å²) < 4.78 is 12.1. The van der Waals surface area contributed by atoms with Crippen molar-refractivity contribution >= 4 is 0 Å². The van der Waals surface area contributed by atoms with Gasteiger partial charge in [-0.2, -0.15) is 0 Å². The van der Waals surface area contributed by atoms with Gasteiger partial charge >= 0.3 is 0 Å². The highest BCUT2D eigenvalue weighted by Crippen LogP contribution is 2.02. The quantitative estimate of drug-likeness (QED) is 0.741. The van der Waals surface area contributed by atoms with Crippen LogP contribution in [-0.4, -0.2) is 11.0 Å². The van der Waals surface area contributed by atoms with Crippen molar-refractivity contribution in [1.82, 2.24) is 4.98 Å². The van der Waals surface area contributed by atoms with E-state index in [2.05, 4.69) is 4.98 Å². The first-order valence-electron chi connectivity index (χ1n) is 3.98. The zero-order chi connectivity index (χ0) is 8.97. The molecule has 0 aliphatic heterocycles. The van der Waals surface area contributed by atoms with Crippen LogP contribution in [0.3, 0.4) is 0 Å². The first-order valence-corrected chi connectivity index (χ1v) is 3.98. The van der Waals surface area contributed by atoms with Gasteiger partial charge < -0.3 is 5.73 Å². The summed E-state index contributed by atoms with van der Waals surface area (Å²) in [7, 11) is 0. The van der Waals surface area contributed by atoms with E-state index in [9.17, 15) is 4.39 Å². The first-order chi connectivity index (χ1) is 5.72. The Bertz CT molecular complexity index is 248. The summed E-state index contributed by atoms with van der Waals surface area (Å²) in [5.41, 5.74) is 6.92. The van der Waals surface area contributed by atoms with Gasteiger partial charge in [0.15, 0.2) is 0 Å². The average Bonchev–Trinajstić information content (AvgIpc) is 2.03. The fraction of sp³-hybridized carbons (Fsp3) is 0.444. The minimum atomic E-state index is -0.507. The van der Waals surface area contributed by atoms with Crippen molar-refractivity contribution in [1.29, 1.82) is 0 Å². The van der Waals surface area contributed by atoms with E-state index in [1.165, 1.54) is 0 Å². The Morgan fingerprint density at radius 2 is 2.17 bits per heavy atom. The molecule has 0 aromatic carbocycles. The van der Waals surface area contributed by atoms with Crippen LogP contribution in [0.4, 0.5) is 4.39 Å². The second-order valence-corrected chi connectivity index (χ2v) is 2.94. The fourth-order valence-electron chi connectivity index (χ4n) is 1.05. The summed E-state index contributed by atoms with van der Waals surface area (Å²) in [5, 5.41) is 0. The predicted octanol–water partition coefficient (Wildman–Crippen LogP) is 1.44. The topological polar surface area (TPSA) is 38.9 Å². The van der Waals surface area contributed by atoms with Crippen LogP contribution in [0.2, 0.25) is 0 Å². The summed E-state index contributed by atoms with van der Waals surface area (Å²) in [6.07, 6.45) is 0.702. The summed E-state index contributed by atoms with van der Waals surface area (Å²) in [5.74, 6) is 0. The molecule has 0 saturated carbocycles. The maximum absolute atomic E-state index is 12.1. The lowest BCUT2D eigenvalue weighted by Gasteiger charge is -2.04. The molecular formula is C9H13FN2. The number of aromatic nitrogens is 1. The Kier molecular flexibility index (Phi) is 3.17. The largest absolute Gasteiger partial charge is 0.328 e. The average molecular weight is 168 g/mol. The molecule has 1 aromatic rings. The summed E-state index contributed by atoms with van der Waals surface area (Å²) in [4.78, 5) is 4.08. The number of nitrogens with two attached hydrogens (primary N) is 1. The van der Waals surface area contributed by atoms with Crippen LogP contribution in [0, 0.1) is 0 Å². The van der Waals surface area contributed by atoms with E-state index in [4.69, 9.17) is 5.73 Å². The van der Waals surface area contributed by atoms with Gasteiger partial charge in [0.1, 0.15) is 6.67 Å². The fourth-order valence-corrected chi connectivity index (χ4v) is 1.05. The zero-order valence-electron chi connectivity index (χ0n) is 7.13. The van der Waals surface area contributed by atoms with Crippen molar-refractivity contribution in [3.05, 3.63) is 29.6 Å². The highest BCUT2D eigenvalue weighted by Gasteiger charge is 2.00. The van der Waals surface area contributed by atoms with E-state index >= 15 is 0 Å². The summed E-state index contributed by atoms with van der Waals surface area (Å²) in [6.45, 7) is 1.40. The third kappa shape index (κ3) is 2.58. The van der Waals surface area contributed by atoms with Crippen molar-refractivity contribution in [2.75, 3.05) is 0 Å². The van der Waals surface area contributed by atoms with Crippen LogP contribution in [-0.2, 0) is 13.1 Å². The van der Waals surface area contributed by atoms with Gasteiger partial charge in [0.2, 0.25) is 0 Å². The summed E-state index contributed by atoms with van der Waals surface area (Å²) >= 11 is 0. The number of hydrogen-bond donors (Lipinski definition) is 1. The van der Waals surface area contributed by atoms with E-state index in [1.54, 1.807) is 12.1 Å². The van der Waals surface area contributed by atoms with Crippen LogP contribution in [0.25, 0.3) is 0 Å². The maximum Gasteiger partial charge on any atom is 0.131 e. The molecule has 1 aromatic heterocycles. The van der Waals surface area contributed by atoms with Crippen LogP contribution < -0.4 is 5.73 Å². The molecule has 1 atom stereocenters. The molecule has 0 saturated heterocycles. The molecule has 66 valence electrons. The van der Waals surface area contributed by atoms with Crippen molar-refractivity contribution in [2.45, 2.75) is 26.1 Å². The summed E-state index contributed by atoms with van der Waals surface area (Å²) in [6, 6.07) is 5.42. The van der Waals surface area contributed by atoms with Crippen molar-refractivity contribution in [3.8, 4) is 0 Å². The van der Waals surface area contributed by atoms with Crippen molar-refractivity contribution in [3.63, 3.8) is 0 Å². The zero-order valence-corrected chi connectivity index (χ0v) is 7.13. The molecule has 0 aliphatic carbocycles. The predicted molar refractivity (Wildman–Crippen MR) is 46.4 cm³/mol. The van der Waals surface area contributed by atoms with Gasteiger partial charge in [-0.3, -0.25) is 4.98 Å². The number of nitrogens with zero attached hydrogens (tertiary/aromatic N) is 1. The molecule has 0 radical (unpaired) electrons. The molecule has 1 unspecified atom stereocenters. The molecule has 3 heteroatoms. The maximum atomic E-state index is 12.1. The Hall–Kier alpha value is -0.960. The molecule has 1 rings (SSSR count). The van der Waals surface area contributed by atoms with Crippen molar-refractivity contribution in [2.24, 2.45) is 5.73 Å². The van der Waals surface area contributed by atoms with E-state index in [-0.39, 0.29) is 6.04 Å². The Morgan fingerprint density at radius 3 is 2.75 bits per heavy atom. The molecule has 2 nitrogen and oxygen atoms in total. The lowest BCUT2D eigenvalue weighted by molar-refractivity contribution is 0.474. The standard InChI is InChI=1S/C9H13FN2/c1-7(11)5-8-3-2-4-9(6-10)12-8/h2-4,7H,5-6,11H2,1H3. The SMILES string of the molecule is CC(N)Cc1cccc(CF)n1. The van der Waals surface area contributed by atoms with E-state index in [0.29, 0.717) is 12.1 Å². The molecule has 0 fully saturated rings. The number of halogens is 1. The number of hydrogen-bond acceptors (Lipinski definition) is 2.